The molecule has 0 spiro atoms. The van der Waals surface area contributed by atoms with E-state index in [4.69, 9.17) is 16.3 Å². The van der Waals surface area contributed by atoms with E-state index in [2.05, 4.69) is 22.9 Å². The molecule has 1 saturated heterocycles. The normalized spacial score (nSPS) is 23.6. The van der Waals surface area contributed by atoms with Crippen molar-refractivity contribution in [1.82, 2.24) is 9.88 Å². The quantitative estimate of drug-likeness (QED) is 0.680. The number of amides is 1. The molecule has 1 aromatic heterocycles. The molecule has 0 N–H and O–H groups in total. The number of carbonyl (C=O) groups is 1. The number of halogens is 1. The number of hydrogen-bond donors (Lipinski definition) is 0. The fourth-order valence-corrected chi connectivity index (χ4v) is 3.60. The Hall–Kier alpha value is -1.49. The third-order valence-corrected chi connectivity index (χ3v) is 4.73. The fraction of sp³-hybridized carbons (Fsp3) is 0.647. The fourth-order valence-electron chi connectivity index (χ4n) is 3.47. The second-order valence-electron chi connectivity index (χ2n) is 7.58. The Kier molecular flexibility index (Phi) is 3.95. The predicted octanol–water partition coefficient (Wildman–Crippen LogP) is 3.41. The number of aryl methyl sites for hydroxylation is 1. The number of nitrogens with zero attached hydrogens (tertiary/aromatic N) is 3. The molecule has 2 aliphatic rings. The number of fused-ring (bicyclic) bond motifs is 3. The van der Waals surface area contributed by atoms with E-state index in [9.17, 15) is 4.79 Å². The number of rotatable bonds is 0. The van der Waals surface area contributed by atoms with E-state index in [1.54, 1.807) is 0 Å². The Morgan fingerprint density at radius 2 is 2.09 bits per heavy atom. The van der Waals surface area contributed by atoms with Crippen LogP contribution in [0.4, 0.5) is 10.6 Å². The maximum absolute atomic E-state index is 12.4. The van der Waals surface area contributed by atoms with Crippen molar-refractivity contribution in [2.24, 2.45) is 0 Å². The molecule has 5 nitrogen and oxygen atoms in total. The van der Waals surface area contributed by atoms with Gasteiger partial charge in [-0.1, -0.05) is 11.6 Å². The van der Waals surface area contributed by atoms with Gasteiger partial charge in [-0.15, -0.1) is 0 Å². The van der Waals surface area contributed by atoms with Gasteiger partial charge in [0.1, 0.15) is 16.6 Å². The Morgan fingerprint density at radius 3 is 2.74 bits per heavy atom. The van der Waals surface area contributed by atoms with Gasteiger partial charge in [0.2, 0.25) is 0 Å². The molecular weight excluding hydrogens is 314 g/mol. The average Bonchev–Trinajstić information content (AvgIpc) is 2.75. The van der Waals surface area contributed by atoms with Crippen LogP contribution < -0.4 is 4.90 Å². The van der Waals surface area contributed by atoms with Crippen molar-refractivity contribution in [3.8, 4) is 0 Å². The maximum Gasteiger partial charge on any atom is 0.410 e. The van der Waals surface area contributed by atoms with Crippen LogP contribution in [0.5, 0.6) is 0 Å². The highest BCUT2D eigenvalue weighted by Gasteiger charge is 2.41. The van der Waals surface area contributed by atoms with Crippen LogP contribution in [-0.2, 0) is 11.2 Å². The van der Waals surface area contributed by atoms with E-state index in [0.29, 0.717) is 18.2 Å². The molecule has 0 radical (unpaired) electrons. The van der Waals surface area contributed by atoms with Crippen molar-refractivity contribution in [2.45, 2.75) is 58.7 Å². The molecule has 1 amide bonds. The number of pyridine rings is 1. The minimum absolute atomic E-state index is 0.189. The zero-order valence-electron chi connectivity index (χ0n) is 14.4. The smallest absolute Gasteiger partial charge is 0.410 e. The second-order valence-corrected chi connectivity index (χ2v) is 7.94. The lowest BCUT2D eigenvalue weighted by atomic mass is 10.1. The molecule has 0 bridgehead atoms. The number of hydrogen-bond acceptors (Lipinski definition) is 4. The van der Waals surface area contributed by atoms with Gasteiger partial charge in [0.05, 0.1) is 6.04 Å². The molecule has 3 rings (SSSR count). The van der Waals surface area contributed by atoms with E-state index in [-0.39, 0.29) is 18.2 Å². The summed E-state index contributed by atoms with van der Waals surface area (Å²) >= 11 is 6.20. The van der Waals surface area contributed by atoms with E-state index in [1.165, 1.54) is 5.56 Å². The molecule has 0 unspecified atom stereocenters. The van der Waals surface area contributed by atoms with Crippen molar-refractivity contribution in [3.63, 3.8) is 0 Å². The highest BCUT2D eigenvalue weighted by molar-refractivity contribution is 6.30. The molecule has 0 saturated carbocycles. The first-order valence-corrected chi connectivity index (χ1v) is 8.46. The lowest BCUT2D eigenvalue weighted by Gasteiger charge is -2.43. The van der Waals surface area contributed by atoms with Crippen LogP contribution in [0.2, 0.25) is 5.15 Å². The summed E-state index contributed by atoms with van der Waals surface area (Å²) in [5.41, 5.74) is 1.75. The summed E-state index contributed by atoms with van der Waals surface area (Å²) in [5, 5.41) is 0.561. The van der Waals surface area contributed by atoms with Crippen molar-refractivity contribution in [3.05, 3.63) is 22.3 Å². The van der Waals surface area contributed by atoms with Crippen molar-refractivity contribution < 1.29 is 9.53 Å². The summed E-state index contributed by atoms with van der Waals surface area (Å²) in [6, 6.07) is 2.55. The lowest BCUT2D eigenvalue weighted by molar-refractivity contribution is 0.0191. The molecule has 23 heavy (non-hydrogen) atoms. The highest BCUT2D eigenvalue weighted by Crippen LogP contribution is 2.37. The van der Waals surface area contributed by atoms with Gasteiger partial charge in [0.15, 0.2) is 0 Å². The number of piperazine rings is 1. The van der Waals surface area contributed by atoms with Gasteiger partial charge in [0, 0.05) is 19.1 Å². The minimum Gasteiger partial charge on any atom is -0.444 e. The number of aromatic nitrogens is 1. The van der Waals surface area contributed by atoms with E-state index < -0.39 is 5.60 Å². The van der Waals surface area contributed by atoms with Crippen molar-refractivity contribution in [2.75, 3.05) is 18.0 Å². The SMILES string of the molecule is Cc1cc2c(nc1Cl)N1[C@H](C2)CN(C(=O)OC(C)(C)C)C[C@H]1C. The standard InChI is InChI=1S/C17H24ClN3O2/c1-10-6-12-7-13-9-20(16(22)23-17(3,4)5)8-11(2)21(13)15(12)19-14(10)18/h6,11,13H,7-9H2,1-5H3/t11-,13-/m1/s1. The number of carbonyl (C=O) groups excluding carboxylic acids is 1. The van der Waals surface area contributed by atoms with Gasteiger partial charge in [-0.2, -0.15) is 0 Å². The first kappa shape index (κ1) is 16.4. The third-order valence-electron chi connectivity index (χ3n) is 4.34. The summed E-state index contributed by atoms with van der Waals surface area (Å²) in [6.07, 6.45) is 0.659. The molecule has 0 aromatic carbocycles. The van der Waals surface area contributed by atoms with E-state index in [0.717, 1.165) is 17.8 Å². The molecule has 1 aromatic rings. The van der Waals surface area contributed by atoms with Gasteiger partial charge < -0.3 is 14.5 Å². The van der Waals surface area contributed by atoms with Crippen LogP contribution in [0.25, 0.3) is 0 Å². The highest BCUT2D eigenvalue weighted by atomic mass is 35.5. The van der Waals surface area contributed by atoms with Gasteiger partial charge in [0.25, 0.3) is 0 Å². The zero-order chi connectivity index (χ0) is 16.9. The van der Waals surface area contributed by atoms with Crippen LogP contribution in [0.15, 0.2) is 6.07 Å². The number of ether oxygens (including phenoxy) is 1. The van der Waals surface area contributed by atoms with Crippen LogP contribution >= 0.6 is 11.6 Å². The molecule has 2 atom stereocenters. The molecular formula is C17H24ClN3O2. The first-order valence-electron chi connectivity index (χ1n) is 8.08. The first-order chi connectivity index (χ1) is 10.7. The van der Waals surface area contributed by atoms with Crippen LogP contribution in [0.1, 0.15) is 38.8 Å². The second kappa shape index (κ2) is 5.55. The monoisotopic (exact) mass is 337 g/mol. The average molecular weight is 338 g/mol. The van der Waals surface area contributed by atoms with Crippen LogP contribution in [0, 0.1) is 6.92 Å². The van der Waals surface area contributed by atoms with Gasteiger partial charge in [-0.05, 0) is 58.2 Å². The molecule has 3 heterocycles. The topological polar surface area (TPSA) is 45.7 Å². The van der Waals surface area contributed by atoms with Crippen LogP contribution in [-0.4, -0.2) is 46.8 Å². The Balaban J connectivity index is 1.80. The predicted molar refractivity (Wildman–Crippen MR) is 91.2 cm³/mol. The van der Waals surface area contributed by atoms with Crippen molar-refractivity contribution >= 4 is 23.5 Å². The molecule has 0 aliphatic carbocycles. The van der Waals surface area contributed by atoms with Gasteiger partial charge in [-0.3, -0.25) is 0 Å². The summed E-state index contributed by atoms with van der Waals surface area (Å²) in [5.74, 6) is 0.974. The summed E-state index contributed by atoms with van der Waals surface area (Å²) in [7, 11) is 0. The summed E-state index contributed by atoms with van der Waals surface area (Å²) < 4.78 is 5.52. The largest absolute Gasteiger partial charge is 0.444 e. The summed E-state index contributed by atoms with van der Waals surface area (Å²) in [6.45, 7) is 11.1. The number of anilines is 1. The lowest BCUT2D eigenvalue weighted by Crippen LogP contribution is -2.58. The van der Waals surface area contributed by atoms with Gasteiger partial charge >= 0.3 is 6.09 Å². The minimum atomic E-state index is -0.470. The van der Waals surface area contributed by atoms with Crippen LogP contribution in [0.3, 0.4) is 0 Å². The van der Waals surface area contributed by atoms with E-state index in [1.807, 2.05) is 32.6 Å². The molecule has 1 fully saturated rings. The Bertz CT molecular complexity index is 641. The molecule has 126 valence electrons. The third kappa shape index (κ3) is 3.11. The molecule has 2 aliphatic heterocycles. The molecule has 6 heteroatoms. The van der Waals surface area contributed by atoms with E-state index >= 15 is 0 Å². The van der Waals surface area contributed by atoms with Gasteiger partial charge in [-0.25, -0.2) is 9.78 Å². The summed E-state index contributed by atoms with van der Waals surface area (Å²) in [4.78, 5) is 21.1. The zero-order valence-corrected chi connectivity index (χ0v) is 15.1. The Morgan fingerprint density at radius 1 is 1.39 bits per heavy atom. The Labute approximate surface area is 142 Å². The maximum atomic E-state index is 12.4. The van der Waals surface area contributed by atoms with Crippen molar-refractivity contribution in [1.29, 1.82) is 0 Å².